The van der Waals surface area contributed by atoms with E-state index in [1.165, 1.54) is 6.42 Å². The summed E-state index contributed by atoms with van der Waals surface area (Å²) >= 11 is 6.03. The highest BCUT2D eigenvalue weighted by Crippen LogP contribution is 2.21. The molecule has 178 valence electrons. The van der Waals surface area contributed by atoms with Gasteiger partial charge in [0.2, 0.25) is 5.91 Å². The molecular weight excluding hydrogens is 440 g/mol. The third-order valence-corrected chi connectivity index (χ3v) is 6.22. The lowest BCUT2D eigenvalue weighted by Gasteiger charge is -2.32. The van der Waals surface area contributed by atoms with Gasteiger partial charge in [-0.15, -0.1) is 0 Å². The zero-order valence-electron chi connectivity index (χ0n) is 19.4. The molecule has 0 unspecified atom stereocenters. The van der Waals surface area contributed by atoms with Crippen LogP contribution in [-0.2, 0) is 16.1 Å². The smallest absolute Gasteiger partial charge is 0.261 e. The van der Waals surface area contributed by atoms with Gasteiger partial charge in [0.05, 0.1) is 7.11 Å². The van der Waals surface area contributed by atoms with Gasteiger partial charge in [-0.05, 0) is 55.2 Å². The SMILES string of the molecule is CC[C@@H](C(=O)NC1CCCCC1)N(Cc1cccc(OC)c1)C(=O)COc1cccc(Cl)c1. The molecule has 0 radical (unpaired) electrons. The standard InChI is InChI=1S/C26H33ClN2O4/c1-3-24(26(31)28-21-11-5-4-6-12-21)29(17-19-9-7-13-22(15-19)32-2)25(30)18-33-23-14-8-10-20(27)16-23/h7-10,13-16,21,24H,3-6,11-12,17-18H2,1-2H3,(H,28,31)/t24-/m0/s1. The molecule has 2 aromatic carbocycles. The predicted octanol–water partition coefficient (Wildman–Crippen LogP) is 4.98. The summed E-state index contributed by atoms with van der Waals surface area (Å²) < 4.78 is 11.0. The van der Waals surface area contributed by atoms with E-state index >= 15 is 0 Å². The topological polar surface area (TPSA) is 67.9 Å². The van der Waals surface area contributed by atoms with Crippen LogP contribution in [0, 0.1) is 0 Å². The van der Waals surface area contributed by atoms with Gasteiger partial charge in [0.15, 0.2) is 6.61 Å². The van der Waals surface area contributed by atoms with Crippen LogP contribution in [0.5, 0.6) is 11.5 Å². The molecule has 0 aliphatic heterocycles. The van der Waals surface area contributed by atoms with E-state index in [2.05, 4.69) is 5.32 Å². The highest BCUT2D eigenvalue weighted by atomic mass is 35.5. The van der Waals surface area contributed by atoms with Crippen molar-refractivity contribution in [2.24, 2.45) is 0 Å². The second kappa shape index (κ2) is 12.5. The Balaban J connectivity index is 1.77. The number of ether oxygens (including phenoxy) is 2. The van der Waals surface area contributed by atoms with Crippen molar-refractivity contribution < 1.29 is 19.1 Å². The normalized spacial score (nSPS) is 14.9. The molecule has 1 atom stereocenters. The van der Waals surface area contributed by atoms with Crippen LogP contribution in [0.15, 0.2) is 48.5 Å². The number of amides is 2. The number of carbonyl (C=O) groups excluding carboxylic acids is 2. The van der Waals surface area contributed by atoms with Crippen molar-refractivity contribution in [2.45, 2.75) is 64.1 Å². The molecule has 6 nitrogen and oxygen atoms in total. The van der Waals surface area contributed by atoms with Gasteiger partial charge in [-0.2, -0.15) is 0 Å². The van der Waals surface area contributed by atoms with Crippen molar-refractivity contribution in [1.82, 2.24) is 10.2 Å². The van der Waals surface area contributed by atoms with E-state index in [0.717, 1.165) is 31.2 Å². The second-order valence-electron chi connectivity index (χ2n) is 8.39. The number of hydrogen-bond donors (Lipinski definition) is 1. The lowest BCUT2D eigenvalue weighted by Crippen LogP contribution is -2.52. The van der Waals surface area contributed by atoms with Crippen LogP contribution in [0.4, 0.5) is 0 Å². The number of hydrogen-bond acceptors (Lipinski definition) is 4. The molecule has 1 aliphatic carbocycles. The minimum atomic E-state index is -0.589. The summed E-state index contributed by atoms with van der Waals surface area (Å²) in [5.74, 6) is 0.846. The summed E-state index contributed by atoms with van der Waals surface area (Å²) in [7, 11) is 1.60. The zero-order chi connectivity index (χ0) is 23.6. The molecule has 0 saturated heterocycles. The van der Waals surface area contributed by atoms with Crippen LogP contribution in [0.2, 0.25) is 5.02 Å². The maximum atomic E-state index is 13.3. The van der Waals surface area contributed by atoms with Crippen LogP contribution in [0.25, 0.3) is 0 Å². The van der Waals surface area contributed by atoms with Crippen LogP contribution in [0.1, 0.15) is 51.0 Å². The van der Waals surface area contributed by atoms with Crippen LogP contribution < -0.4 is 14.8 Å². The molecule has 3 rings (SSSR count). The third-order valence-electron chi connectivity index (χ3n) is 5.98. The fraction of sp³-hybridized carbons (Fsp3) is 0.462. The third kappa shape index (κ3) is 7.39. The molecule has 0 spiro atoms. The van der Waals surface area contributed by atoms with Crippen LogP contribution in [-0.4, -0.2) is 42.5 Å². The van der Waals surface area contributed by atoms with Crippen LogP contribution in [0.3, 0.4) is 0 Å². The number of methoxy groups -OCH3 is 1. The average Bonchev–Trinajstić information content (AvgIpc) is 2.83. The molecule has 1 N–H and O–H groups in total. The molecule has 2 aromatic rings. The maximum absolute atomic E-state index is 13.3. The van der Waals surface area contributed by atoms with Gasteiger partial charge in [-0.3, -0.25) is 9.59 Å². The van der Waals surface area contributed by atoms with E-state index in [-0.39, 0.29) is 31.0 Å². The molecule has 0 aromatic heterocycles. The largest absolute Gasteiger partial charge is 0.497 e. The second-order valence-corrected chi connectivity index (χ2v) is 8.82. The van der Waals surface area contributed by atoms with Crippen molar-refractivity contribution in [2.75, 3.05) is 13.7 Å². The quantitative estimate of drug-likeness (QED) is 0.529. The first-order chi connectivity index (χ1) is 16.0. The Morgan fingerprint density at radius 1 is 1.09 bits per heavy atom. The van der Waals surface area contributed by atoms with Gasteiger partial charge in [0, 0.05) is 17.6 Å². The minimum absolute atomic E-state index is 0.108. The first-order valence-corrected chi connectivity index (χ1v) is 12.0. The van der Waals surface area contributed by atoms with E-state index in [1.54, 1.807) is 36.3 Å². The minimum Gasteiger partial charge on any atom is -0.497 e. The van der Waals surface area contributed by atoms with Crippen molar-refractivity contribution in [3.63, 3.8) is 0 Å². The van der Waals surface area contributed by atoms with E-state index in [4.69, 9.17) is 21.1 Å². The van der Waals surface area contributed by atoms with Gasteiger partial charge >= 0.3 is 0 Å². The molecule has 1 fully saturated rings. The summed E-state index contributed by atoms with van der Waals surface area (Å²) in [6, 6.07) is 14.0. The van der Waals surface area contributed by atoms with Crippen molar-refractivity contribution in [3.05, 3.63) is 59.1 Å². The Morgan fingerprint density at radius 3 is 2.52 bits per heavy atom. The van der Waals surface area contributed by atoms with Crippen molar-refractivity contribution >= 4 is 23.4 Å². The summed E-state index contributed by atoms with van der Waals surface area (Å²) in [6.07, 6.45) is 5.95. The molecule has 0 bridgehead atoms. The first kappa shape index (κ1) is 24.9. The average molecular weight is 473 g/mol. The number of nitrogens with one attached hydrogen (secondary N) is 1. The first-order valence-electron chi connectivity index (χ1n) is 11.6. The van der Waals surface area contributed by atoms with Gasteiger partial charge in [-0.1, -0.05) is 56.0 Å². The number of benzene rings is 2. The summed E-state index contributed by atoms with van der Waals surface area (Å²) in [5, 5.41) is 3.71. The molecule has 1 saturated carbocycles. The summed E-state index contributed by atoms with van der Waals surface area (Å²) in [5.41, 5.74) is 0.884. The summed E-state index contributed by atoms with van der Waals surface area (Å²) in [6.45, 7) is 2.03. The lowest BCUT2D eigenvalue weighted by atomic mass is 9.95. The van der Waals surface area contributed by atoms with Crippen molar-refractivity contribution in [1.29, 1.82) is 0 Å². The maximum Gasteiger partial charge on any atom is 0.261 e. The number of halogens is 1. The monoisotopic (exact) mass is 472 g/mol. The van der Waals surface area contributed by atoms with Gasteiger partial charge < -0.3 is 19.7 Å². The Hall–Kier alpha value is -2.73. The molecule has 0 heterocycles. The van der Waals surface area contributed by atoms with Gasteiger partial charge in [0.1, 0.15) is 17.5 Å². The van der Waals surface area contributed by atoms with Crippen molar-refractivity contribution in [3.8, 4) is 11.5 Å². The van der Waals surface area contributed by atoms with E-state index in [0.29, 0.717) is 22.9 Å². The molecule has 7 heteroatoms. The molecule has 2 amide bonds. The number of rotatable bonds is 10. The molecule has 1 aliphatic rings. The molecule has 33 heavy (non-hydrogen) atoms. The van der Waals surface area contributed by atoms with E-state index < -0.39 is 6.04 Å². The fourth-order valence-corrected chi connectivity index (χ4v) is 4.40. The lowest BCUT2D eigenvalue weighted by molar-refractivity contribution is -0.143. The fourth-order valence-electron chi connectivity index (χ4n) is 4.22. The number of carbonyl (C=O) groups is 2. The van der Waals surface area contributed by atoms with Gasteiger partial charge in [0.25, 0.3) is 5.91 Å². The highest BCUT2D eigenvalue weighted by Gasteiger charge is 2.30. The molecular formula is C26H33ClN2O4. The zero-order valence-corrected chi connectivity index (χ0v) is 20.1. The highest BCUT2D eigenvalue weighted by molar-refractivity contribution is 6.30. The van der Waals surface area contributed by atoms with Crippen LogP contribution >= 0.6 is 11.6 Å². The van der Waals surface area contributed by atoms with Gasteiger partial charge in [-0.25, -0.2) is 0 Å². The Morgan fingerprint density at radius 2 is 1.82 bits per heavy atom. The Labute approximate surface area is 201 Å². The Bertz CT molecular complexity index is 930. The Kier molecular flexibility index (Phi) is 9.43. The van der Waals surface area contributed by atoms with E-state index in [1.807, 2.05) is 31.2 Å². The number of nitrogens with zero attached hydrogens (tertiary/aromatic N) is 1. The van der Waals surface area contributed by atoms with E-state index in [9.17, 15) is 9.59 Å². The predicted molar refractivity (Wildman–Crippen MR) is 130 cm³/mol. The summed E-state index contributed by atoms with van der Waals surface area (Å²) in [4.78, 5) is 28.2.